The zero-order chi connectivity index (χ0) is 16.6. The molecule has 0 aliphatic heterocycles. The van der Waals surface area contributed by atoms with Crippen molar-refractivity contribution in [1.82, 2.24) is 14.6 Å². The van der Waals surface area contributed by atoms with E-state index in [1.54, 1.807) is 10.7 Å². The van der Waals surface area contributed by atoms with Gasteiger partial charge in [-0.05, 0) is 18.3 Å². The van der Waals surface area contributed by atoms with Crippen molar-refractivity contribution in [2.45, 2.75) is 19.3 Å². The van der Waals surface area contributed by atoms with Crippen molar-refractivity contribution in [1.29, 1.82) is 0 Å². The molecule has 1 aliphatic carbocycles. The normalized spacial score (nSPS) is 15.3. The van der Waals surface area contributed by atoms with Crippen LogP contribution in [0.15, 0.2) is 48.7 Å². The molecule has 0 amide bonds. The Morgan fingerprint density at radius 2 is 2.04 bits per heavy atom. The first-order chi connectivity index (χ1) is 11.7. The molecular formula is C18H18N4O2. The average molecular weight is 322 g/mol. The summed E-state index contributed by atoms with van der Waals surface area (Å²) in [5.74, 6) is 0.0961. The smallest absolute Gasteiger partial charge is 0.303 e. The van der Waals surface area contributed by atoms with E-state index in [1.165, 1.54) is 0 Å². The molecule has 1 aromatic carbocycles. The molecule has 0 radical (unpaired) electrons. The van der Waals surface area contributed by atoms with Crippen molar-refractivity contribution in [3.63, 3.8) is 0 Å². The minimum absolute atomic E-state index is 0.124. The van der Waals surface area contributed by atoms with Crippen molar-refractivity contribution in [3.05, 3.63) is 48.7 Å². The molecule has 2 heterocycles. The van der Waals surface area contributed by atoms with Crippen LogP contribution in [0.3, 0.4) is 0 Å². The summed E-state index contributed by atoms with van der Waals surface area (Å²) in [7, 11) is 0. The topological polar surface area (TPSA) is 79.5 Å². The number of aliphatic carboxylic acids is 1. The van der Waals surface area contributed by atoms with Gasteiger partial charge in [0.25, 0.3) is 0 Å². The Morgan fingerprint density at radius 1 is 1.25 bits per heavy atom. The average Bonchev–Trinajstić information content (AvgIpc) is 3.16. The second-order valence-corrected chi connectivity index (χ2v) is 6.42. The van der Waals surface area contributed by atoms with Gasteiger partial charge in [-0.2, -0.15) is 9.61 Å². The molecule has 3 aromatic rings. The lowest BCUT2D eigenvalue weighted by Gasteiger charge is -2.16. The number of carbonyl (C=O) groups is 1. The highest BCUT2D eigenvalue weighted by Crippen LogP contribution is 2.48. The van der Waals surface area contributed by atoms with Crippen LogP contribution in [0.4, 0.5) is 5.82 Å². The molecule has 122 valence electrons. The van der Waals surface area contributed by atoms with Gasteiger partial charge in [-0.25, -0.2) is 4.98 Å². The van der Waals surface area contributed by atoms with Crippen molar-refractivity contribution in [2.75, 3.05) is 11.9 Å². The Bertz CT molecular complexity index is 884. The molecule has 4 rings (SSSR count). The maximum Gasteiger partial charge on any atom is 0.303 e. The number of carboxylic acid groups (broad SMARTS) is 1. The second kappa shape index (κ2) is 5.63. The third kappa shape index (κ3) is 2.82. The molecule has 0 spiro atoms. The Kier molecular flexibility index (Phi) is 3.45. The number of aromatic nitrogens is 3. The SMILES string of the molecule is O=C(O)CC1(CNc2cc(-c3ccccc3)nc3ccnn23)CC1. The summed E-state index contributed by atoms with van der Waals surface area (Å²) in [6.45, 7) is 0.631. The molecule has 1 fully saturated rings. The molecular weight excluding hydrogens is 304 g/mol. The lowest BCUT2D eigenvalue weighted by atomic mass is 10.0. The molecule has 2 aromatic heterocycles. The standard InChI is InChI=1S/C18H18N4O2/c23-17(24)11-18(7-8-18)12-19-16-10-14(13-4-2-1-3-5-13)21-15-6-9-20-22(15)16/h1-6,9-10,19H,7-8,11-12H2,(H,23,24). The van der Waals surface area contributed by atoms with E-state index in [2.05, 4.69) is 15.4 Å². The van der Waals surface area contributed by atoms with Crippen molar-refractivity contribution < 1.29 is 9.90 Å². The van der Waals surface area contributed by atoms with Crippen LogP contribution in [0.2, 0.25) is 0 Å². The minimum atomic E-state index is -0.738. The summed E-state index contributed by atoms with van der Waals surface area (Å²) in [5, 5.41) is 16.8. The fourth-order valence-corrected chi connectivity index (χ4v) is 2.99. The van der Waals surface area contributed by atoms with Gasteiger partial charge >= 0.3 is 5.97 Å². The molecule has 0 saturated heterocycles. The van der Waals surface area contributed by atoms with Crippen LogP contribution in [0.5, 0.6) is 0 Å². The van der Waals surface area contributed by atoms with Crippen molar-refractivity contribution in [2.24, 2.45) is 5.41 Å². The third-order valence-electron chi connectivity index (χ3n) is 4.56. The van der Waals surface area contributed by atoms with Gasteiger partial charge in [0.05, 0.1) is 18.3 Å². The Balaban J connectivity index is 1.65. The highest BCUT2D eigenvalue weighted by molar-refractivity contribution is 5.69. The van der Waals surface area contributed by atoms with E-state index < -0.39 is 5.97 Å². The first kappa shape index (κ1) is 14.7. The number of benzene rings is 1. The molecule has 0 unspecified atom stereocenters. The van der Waals surface area contributed by atoms with Crippen LogP contribution in [-0.2, 0) is 4.79 Å². The quantitative estimate of drug-likeness (QED) is 0.729. The van der Waals surface area contributed by atoms with E-state index in [1.807, 2.05) is 42.5 Å². The number of hydrogen-bond acceptors (Lipinski definition) is 4. The molecule has 6 heteroatoms. The second-order valence-electron chi connectivity index (χ2n) is 6.42. The van der Waals surface area contributed by atoms with E-state index in [-0.39, 0.29) is 11.8 Å². The van der Waals surface area contributed by atoms with Crippen LogP contribution in [0, 0.1) is 5.41 Å². The lowest BCUT2D eigenvalue weighted by molar-refractivity contribution is -0.138. The predicted octanol–water partition coefficient (Wildman–Crippen LogP) is 3.06. The van der Waals surface area contributed by atoms with Crippen LogP contribution in [0.1, 0.15) is 19.3 Å². The first-order valence-electron chi connectivity index (χ1n) is 8.01. The number of anilines is 1. The number of nitrogens with one attached hydrogen (secondary N) is 1. The highest BCUT2D eigenvalue weighted by Gasteiger charge is 2.44. The largest absolute Gasteiger partial charge is 0.481 e. The molecule has 0 bridgehead atoms. The fraction of sp³-hybridized carbons (Fsp3) is 0.278. The number of nitrogens with zero attached hydrogens (tertiary/aromatic N) is 3. The zero-order valence-corrected chi connectivity index (χ0v) is 13.1. The molecule has 2 N–H and O–H groups in total. The predicted molar refractivity (Wildman–Crippen MR) is 90.8 cm³/mol. The van der Waals surface area contributed by atoms with Crippen LogP contribution in [0.25, 0.3) is 16.9 Å². The highest BCUT2D eigenvalue weighted by atomic mass is 16.4. The minimum Gasteiger partial charge on any atom is -0.481 e. The molecule has 1 aliphatic rings. The van der Waals surface area contributed by atoms with Crippen molar-refractivity contribution in [3.8, 4) is 11.3 Å². The third-order valence-corrected chi connectivity index (χ3v) is 4.56. The fourth-order valence-electron chi connectivity index (χ4n) is 2.99. The summed E-state index contributed by atoms with van der Waals surface area (Å²) in [4.78, 5) is 15.7. The van der Waals surface area contributed by atoms with Gasteiger partial charge in [-0.15, -0.1) is 0 Å². The van der Waals surface area contributed by atoms with Crippen molar-refractivity contribution >= 4 is 17.4 Å². The Labute approximate surface area is 139 Å². The molecule has 1 saturated carbocycles. The summed E-state index contributed by atoms with van der Waals surface area (Å²) in [6.07, 6.45) is 3.82. The first-order valence-corrected chi connectivity index (χ1v) is 8.01. The maximum atomic E-state index is 11.0. The Hall–Kier alpha value is -2.89. The molecule has 6 nitrogen and oxygen atoms in total. The Morgan fingerprint density at radius 3 is 2.75 bits per heavy atom. The number of hydrogen-bond donors (Lipinski definition) is 2. The van der Waals surface area contributed by atoms with Gasteiger partial charge in [0.2, 0.25) is 0 Å². The van der Waals surface area contributed by atoms with Crippen LogP contribution < -0.4 is 5.32 Å². The van der Waals surface area contributed by atoms with Gasteiger partial charge in [0.1, 0.15) is 5.82 Å². The van der Waals surface area contributed by atoms with E-state index in [9.17, 15) is 4.79 Å². The number of carboxylic acids is 1. The van der Waals surface area contributed by atoms with E-state index in [0.717, 1.165) is 35.6 Å². The van der Waals surface area contributed by atoms with Crippen LogP contribution in [-0.4, -0.2) is 32.2 Å². The maximum absolute atomic E-state index is 11.0. The molecule has 0 atom stereocenters. The monoisotopic (exact) mass is 322 g/mol. The summed E-state index contributed by atoms with van der Waals surface area (Å²) in [6, 6.07) is 13.8. The van der Waals surface area contributed by atoms with Crippen LogP contribution >= 0.6 is 0 Å². The lowest BCUT2D eigenvalue weighted by Crippen LogP contribution is -2.20. The van der Waals surface area contributed by atoms with Gasteiger partial charge in [0, 0.05) is 24.2 Å². The van der Waals surface area contributed by atoms with Gasteiger partial charge in [-0.1, -0.05) is 30.3 Å². The van der Waals surface area contributed by atoms with Gasteiger partial charge in [0.15, 0.2) is 5.65 Å². The number of rotatable bonds is 6. The van der Waals surface area contributed by atoms with E-state index in [4.69, 9.17) is 5.11 Å². The van der Waals surface area contributed by atoms with E-state index >= 15 is 0 Å². The van der Waals surface area contributed by atoms with Gasteiger partial charge < -0.3 is 10.4 Å². The summed E-state index contributed by atoms with van der Waals surface area (Å²) >= 11 is 0. The summed E-state index contributed by atoms with van der Waals surface area (Å²) < 4.78 is 1.75. The van der Waals surface area contributed by atoms with Gasteiger partial charge in [-0.3, -0.25) is 4.79 Å². The summed E-state index contributed by atoms with van der Waals surface area (Å²) in [5.41, 5.74) is 2.55. The van der Waals surface area contributed by atoms with E-state index in [0.29, 0.717) is 6.54 Å². The zero-order valence-electron chi connectivity index (χ0n) is 13.1. The number of fused-ring (bicyclic) bond motifs is 1. The molecule has 24 heavy (non-hydrogen) atoms.